The van der Waals surface area contributed by atoms with Crippen molar-refractivity contribution in [2.24, 2.45) is 17.8 Å². The van der Waals surface area contributed by atoms with Crippen molar-refractivity contribution < 1.29 is 14.6 Å². The fraction of sp³-hybridized carbons (Fsp3) is 0.875. The van der Waals surface area contributed by atoms with Crippen LogP contribution in [0.1, 0.15) is 0 Å². The first-order chi connectivity index (χ1) is 5.74. The molecule has 1 saturated carbocycles. The lowest BCUT2D eigenvalue weighted by atomic mass is 10.3. The molecule has 4 heteroatoms. The predicted molar refractivity (Wildman–Crippen MR) is 41.9 cm³/mol. The van der Waals surface area contributed by atoms with Gasteiger partial charge in [0.15, 0.2) is 0 Å². The molecule has 1 N–H and O–H groups in total. The SMILES string of the molecule is COC[C@@H]1[C@H]2CN(C(=O)O)C[C@@H]12. The largest absolute Gasteiger partial charge is 0.465 e. The number of hydrogen-bond donors (Lipinski definition) is 1. The summed E-state index contributed by atoms with van der Waals surface area (Å²) in [5.74, 6) is 1.80. The van der Waals surface area contributed by atoms with Crippen LogP contribution in [0.4, 0.5) is 4.79 Å². The zero-order chi connectivity index (χ0) is 8.72. The molecular weight excluding hydrogens is 158 g/mol. The van der Waals surface area contributed by atoms with Crippen LogP contribution in [-0.4, -0.2) is 42.9 Å². The highest BCUT2D eigenvalue weighted by Gasteiger charge is 2.56. The summed E-state index contributed by atoms with van der Waals surface area (Å²) < 4.78 is 5.03. The maximum atomic E-state index is 10.5. The molecule has 1 saturated heterocycles. The van der Waals surface area contributed by atoms with Gasteiger partial charge in [-0.2, -0.15) is 0 Å². The van der Waals surface area contributed by atoms with Crippen LogP contribution >= 0.6 is 0 Å². The second-order valence-corrected chi connectivity index (χ2v) is 3.63. The van der Waals surface area contributed by atoms with Crippen LogP contribution in [0.15, 0.2) is 0 Å². The zero-order valence-electron chi connectivity index (χ0n) is 7.06. The zero-order valence-corrected chi connectivity index (χ0v) is 7.06. The van der Waals surface area contributed by atoms with Gasteiger partial charge in [0.2, 0.25) is 0 Å². The van der Waals surface area contributed by atoms with Gasteiger partial charge in [0.05, 0.1) is 0 Å². The molecule has 0 spiro atoms. The number of ether oxygens (including phenoxy) is 1. The number of piperidine rings is 1. The van der Waals surface area contributed by atoms with E-state index in [1.807, 2.05) is 0 Å². The van der Waals surface area contributed by atoms with E-state index in [1.165, 1.54) is 4.90 Å². The first-order valence-corrected chi connectivity index (χ1v) is 4.21. The first-order valence-electron chi connectivity index (χ1n) is 4.21. The van der Waals surface area contributed by atoms with Gasteiger partial charge < -0.3 is 14.7 Å². The Balaban J connectivity index is 1.82. The molecule has 0 bridgehead atoms. The van der Waals surface area contributed by atoms with E-state index in [1.54, 1.807) is 7.11 Å². The average Bonchev–Trinajstić information content (AvgIpc) is 2.51. The maximum Gasteiger partial charge on any atom is 0.407 e. The number of hydrogen-bond acceptors (Lipinski definition) is 2. The van der Waals surface area contributed by atoms with Gasteiger partial charge in [-0.05, 0) is 17.8 Å². The summed E-state index contributed by atoms with van der Waals surface area (Å²) in [5.41, 5.74) is 0. The molecule has 68 valence electrons. The topological polar surface area (TPSA) is 49.8 Å². The normalized spacial score (nSPS) is 38.1. The monoisotopic (exact) mass is 171 g/mol. The van der Waals surface area contributed by atoms with E-state index in [0.29, 0.717) is 30.8 Å². The number of carboxylic acid groups (broad SMARTS) is 1. The molecule has 0 unspecified atom stereocenters. The average molecular weight is 171 g/mol. The summed E-state index contributed by atoms with van der Waals surface area (Å²) in [6.45, 7) is 2.23. The third kappa shape index (κ3) is 1.06. The van der Waals surface area contributed by atoms with Crippen molar-refractivity contribution in [1.29, 1.82) is 0 Å². The lowest BCUT2D eigenvalue weighted by molar-refractivity contribution is 0.136. The molecular formula is C8H13NO3. The van der Waals surface area contributed by atoms with Crippen molar-refractivity contribution in [2.45, 2.75) is 0 Å². The Labute approximate surface area is 71.1 Å². The van der Waals surface area contributed by atoms with Gasteiger partial charge in [0, 0.05) is 26.8 Å². The van der Waals surface area contributed by atoms with Crippen molar-refractivity contribution in [1.82, 2.24) is 4.90 Å². The van der Waals surface area contributed by atoms with Gasteiger partial charge in [-0.15, -0.1) is 0 Å². The number of nitrogens with zero attached hydrogens (tertiary/aromatic N) is 1. The third-order valence-electron chi connectivity index (χ3n) is 3.00. The van der Waals surface area contributed by atoms with E-state index in [2.05, 4.69) is 0 Å². The Morgan fingerprint density at radius 2 is 2.17 bits per heavy atom. The van der Waals surface area contributed by atoms with Gasteiger partial charge >= 0.3 is 6.09 Å². The van der Waals surface area contributed by atoms with E-state index >= 15 is 0 Å². The lowest BCUT2D eigenvalue weighted by Crippen LogP contribution is -2.30. The van der Waals surface area contributed by atoms with E-state index in [-0.39, 0.29) is 0 Å². The Morgan fingerprint density at radius 1 is 1.58 bits per heavy atom. The van der Waals surface area contributed by atoms with E-state index in [0.717, 1.165) is 6.61 Å². The highest BCUT2D eigenvalue weighted by atomic mass is 16.5. The summed E-state index contributed by atoms with van der Waals surface area (Å²) in [7, 11) is 1.70. The minimum Gasteiger partial charge on any atom is -0.465 e. The van der Waals surface area contributed by atoms with Crippen LogP contribution in [0.5, 0.6) is 0 Å². The first kappa shape index (κ1) is 7.86. The number of methoxy groups -OCH3 is 1. The molecule has 3 atom stereocenters. The molecule has 1 aliphatic carbocycles. The number of fused-ring (bicyclic) bond motifs is 1. The Hall–Kier alpha value is -0.770. The molecule has 2 rings (SSSR count). The summed E-state index contributed by atoms with van der Waals surface area (Å²) in [6.07, 6.45) is -0.779. The summed E-state index contributed by atoms with van der Waals surface area (Å²) in [6, 6.07) is 0. The fourth-order valence-electron chi connectivity index (χ4n) is 2.25. The minimum atomic E-state index is -0.779. The molecule has 1 heterocycles. The van der Waals surface area contributed by atoms with Crippen LogP contribution in [0.25, 0.3) is 0 Å². The van der Waals surface area contributed by atoms with E-state index in [9.17, 15) is 4.79 Å². The molecule has 1 amide bonds. The molecule has 0 radical (unpaired) electrons. The number of likely N-dealkylation sites (tertiary alicyclic amines) is 1. The summed E-state index contributed by atoms with van der Waals surface area (Å²) in [4.78, 5) is 12.0. The van der Waals surface area contributed by atoms with Crippen molar-refractivity contribution >= 4 is 6.09 Å². The summed E-state index contributed by atoms with van der Waals surface area (Å²) in [5, 5.41) is 8.66. The maximum absolute atomic E-state index is 10.5. The lowest BCUT2D eigenvalue weighted by Gasteiger charge is -2.15. The fourth-order valence-corrected chi connectivity index (χ4v) is 2.25. The molecule has 0 aromatic carbocycles. The van der Waals surface area contributed by atoms with Crippen molar-refractivity contribution in [2.75, 3.05) is 26.8 Å². The second kappa shape index (κ2) is 2.62. The van der Waals surface area contributed by atoms with E-state index < -0.39 is 6.09 Å². The molecule has 0 aromatic rings. The molecule has 12 heavy (non-hydrogen) atoms. The third-order valence-corrected chi connectivity index (χ3v) is 3.00. The van der Waals surface area contributed by atoms with Crippen LogP contribution in [-0.2, 0) is 4.74 Å². The van der Waals surface area contributed by atoms with Gasteiger partial charge in [-0.1, -0.05) is 0 Å². The van der Waals surface area contributed by atoms with Crippen molar-refractivity contribution in [3.05, 3.63) is 0 Å². The minimum absolute atomic E-state index is 0.584. The van der Waals surface area contributed by atoms with Crippen molar-refractivity contribution in [3.8, 4) is 0 Å². The molecule has 2 fully saturated rings. The Morgan fingerprint density at radius 3 is 2.58 bits per heavy atom. The molecule has 2 aliphatic rings. The van der Waals surface area contributed by atoms with Gasteiger partial charge in [-0.3, -0.25) is 0 Å². The molecule has 0 aromatic heterocycles. The summed E-state index contributed by atoms with van der Waals surface area (Å²) >= 11 is 0. The van der Waals surface area contributed by atoms with Gasteiger partial charge in [0.25, 0.3) is 0 Å². The van der Waals surface area contributed by atoms with E-state index in [4.69, 9.17) is 9.84 Å². The smallest absolute Gasteiger partial charge is 0.407 e. The van der Waals surface area contributed by atoms with Crippen molar-refractivity contribution in [3.63, 3.8) is 0 Å². The van der Waals surface area contributed by atoms with Crippen LogP contribution < -0.4 is 0 Å². The highest BCUT2D eigenvalue weighted by Crippen LogP contribution is 2.51. The predicted octanol–water partition coefficient (Wildman–Crippen LogP) is 0.489. The van der Waals surface area contributed by atoms with Crippen LogP contribution in [0.2, 0.25) is 0 Å². The number of rotatable bonds is 2. The quantitative estimate of drug-likeness (QED) is 0.657. The Kier molecular flexibility index (Phi) is 1.72. The molecule has 4 nitrogen and oxygen atoms in total. The van der Waals surface area contributed by atoms with Crippen LogP contribution in [0, 0.1) is 17.8 Å². The number of carbonyl (C=O) groups is 1. The second-order valence-electron chi connectivity index (χ2n) is 3.63. The molecule has 1 aliphatic heterocycles. The Bertz CT molecular complexity index is 194. The van der Waals surface area contributed by atoms with Crippen LogP contribution in [0.3, 0.4) is 0 Å². The highest BCUT2D eigenvalue weighted by molar-refractivity contribution is 5.65. The number of amides is 1. The van der Waals surface area contributed by atoms with Gasteiger partial charge in [0.1, 0.15) is 0 Å². The van der Waals surface area contributed by atoms with Gasteiger partial charge in [-0.25, -0.2) is 4.79 Å². The standard InChI is InChI=1S/C8H13NO3/c1-12-4-7-5-2-9(8(10)11)3-6(5)7/h5-7H,2-4H2,1H3,(H,10,11)/t5-,6+,7+.